The number of nitrogens with one attached hydrogen (secondary N) is 4. The van der Waals surface area contributed by atoms with E-state index in [0.717, 1.165) is 17.5 Å². The van der Waals surface area contributed by atoms with Crippen molar-refractivity contribution in [3.63, 3.8) is 0 Å². The lowest BCUT2D eigenvalue weighted by Gasteiger charge is -2.28. The van der Waals surface area contributed by atoms with Crippen LogP contribution in [0.5, 0.6) is 0 Å². The quantitative estimate of drug-likeness (QED) is 0.105. The first-order valence-electron chi connectivity index (χ1n) is 18.0. The third-order valence-electron chi connectivity index (χ3n) is 8.03. The molecule has 3 atom stereocenters. The number of hydrogen-bond acceptors (Lipinski definition) is 7. The van der Waals surface area contributed by atoms with Crippen molar-refractivity contribution in [1.82, 2.24) is 30.8 Å². The Morgan fingerprint density at radius 1 is 0.904 bits per heavy atom. The molecular weight excluding hydrogens is 667 g/mol. The number of carbonyl (C=O) groups is 4. The fourth-order valence-electron chi connectivity index (χ4n) is 5.47. The summed E-state index contributed by atoms with van der Waals surface area (Å²) in [5.41, 5.74) is 1.70. The van der Waals surface area contributed by atoms with Gasteiger partial charge in [-0.1, -0.05) is 62.7 Å². The first kappa shape index (κ1) is 41.6. The van der Waals surface area contributed by atoms with Crippen LogP contribution in [0, 0.1) is 11.7 Å². The zero-order valence-corrected chi connectivity index (χ0v) is 31.0. The van der Waals surface area contributed by atoms with Gasteiger partial charge in [-0.05, 0) is 69.2 Å². The number of nitrogens with zero attached hydrogens (tertiary/aromatic N) is 2. The summed E-state index contributed by atoms with van der Waals surface area (Å²) in [6, 6.07) is 14.0. The number of rotatable bonds is 20. The molecule has 5 N–H and O–H groups in total. The molecule has 0 bridgehead atoms. The number of aromatic nitrogens is 2. The Bertz CT molecular complexity index is 1560. The number of unbranched alkanes of at least 4 members (excludes halogenated alkanes) is 2. The van der Waals surface area contributed by atoms with Crippen LogP contribution in [-0.2, 0) is 38.6 Å². The number of aliphatic hydroxyl groups excluding tert-OH is 1. The van der Waals surface area contributed by atoms with Crippen molar-refractivity contribution in [1.29, 1.82) is 0 Å². The highest BCUT2D eigenvalue weighted by Gasteiger charge is 2.30. The summed E-state index contributed by atoms with van der Waals surface area (Å²) < 4.78 is 20.4. The van der Waals surface area contributed by atoms with Crippen LogP contribution >= 0.6 is 0 Å². The summed E-state index contributed by atoms with van der Waals surface area (Å²) in [5, 5.41) is 22.3. The molecule has 0 unspecified atom stereocenters. The maximum atomic E-state index is 13.7. The molecule has 284 valence electrons. The van der Waals surface area contributed by atoms with Gasteiger partial charge in [0.15, 0.2) is 0 Å². The minimum atomic E-state index is -1.18. The molecule has 2 aromatic carbocycles. The number of carbonyl (C=O) groups excluding carboxylic acids is 4. The summed E-state index contributed by atoms with van der Waals surface area (Å²) in [6.45, 7) is 10.4. The molecule has 0 saturated heterocycles. The predicted molar refractivity (Wildman–Crippen MR) is 196 cm³/mol. The topological polar surface area (TPSA) is 164 Å². The SMILES string of the molecule is CC(C)C[C@H](NC(=O)[C@H](Cc1cn(Cc2ccccc2)cn1)NC(=O)OC(C)(C)C)[C@@H](O)CC(=O)NCCCCCC(=O)NCc1ccc(F)cc1. The van der Waals surface area contributed by atoms with Gasteiger partial charge in [-0.3, -0.25) is 14.4 Å². The zero-order valence-electron chi connectivity index (χ0n) is 31.0. The second kappa shape index (κ2) is 20.9. The lowest BCUT2D eigenvalue weighted by atomic mass is 9.96. The minimum absolute atomic E-state index is 0.0771. The van der Waals surface area contributed by atoms with Crippen molar-refractivity contribution >= 4 is 23.8 Å². The van der Waals surface area contributed by atoms with Gasteiger partial charge in [0, 0.05) is 38.7 Å². The average Bonchev–Trinajstić information content (AvgIpc) is 3.51. The Morgan fingerprint density at radius 2 is 1.62 bits per heavy atom. The molecular formula is C39H55FN6O6. The van der Waals surface area contributed by atoms with Gasteiger partial charge in [-0.15, -0.1) is 0 Å². The van der Waals surface area contributed by atoms with E-state index in [1.54, 1.807) is 39.2 Å². The predicted octanol–water partition coefficient (Wildman–Crippen LogP) is 4.78. The van der Waals surface area contributed by atoms with Gasteiger partial charge < -0.3 is 35.7 Å². The van der Waals surface area contributed by atoms with Crippen molar-refractivity contribution < 1.29 is 33.4 Å². The van der Waals surface area contributed by atoms with Crippen LogP contribution in [0.15, 0.2) is 67.1 Å². The fraction of sp³-hybridized carbons (Fsp3) is 0.513. The second-order valence-electron chi connectivity index (χ2n) is 14.5. The molecule has 0 radical (unpaired) electrons. The second-order valence-corrected chi connectivity index (χ2v) is 14.5. The smallest absolute Gasteiger partial charge is 0.408 e. The van der Waals surface area contributed by atoms with E-state index in [1.807, 2.05) is 54.9 Å². The van der Waals surface area contributed by atoms with Crippen LogP contribution < -0.4 is 21.3 Å². The molecule has 12 nitrogen and oxygen atoms in total. The van der Waals surface area contributed by atoms with Gasteiger partial charge in [0.05, 0.1) is 30.6 Å². The summed E-state index contributed by atoms with van der Waals surface area (Å²) in [5.74, 6) is -1.24. The molecule has 0 spiro atoms. The fourth-order valence-corrected chi connectivity index (χ4v) is 5.47. The van der Waals surface area contributed by atoms with E-state index in [-0.39, 0.29) is 36.4 Å². The Kier molecular flexibility index (Phi) is 16.7. The monoisotopic (exact) mass is 722 g/mol. The molecule has 3 rings (SSSR count). The summed E-state index contributed by atoms with van der Waals surface area (Å²) in [4.78, 5) is 55.8. The first-order chi connectivity index (χ1) is 24.7. The van der Waals surface area contributed by atoms with Gasteiger partial charge in [0.25, 0.3) is 0 Å². The van der Waals surface area contributed by atoms with Gasteiger partial charge in [0.2, 0.25) is 17.7 Å². The number of ether oxygens (including phenoxy) is 1. The van der Waals surface area contributed by atoms with Crippen molar-refractivity contribution in [3.05, 3.63) is 89.8 Å². The van der Waals surface area contributed by atoms with E-state index in [0.29, 0.717) is 51.0 Å². The van der Waals surface area contributed by atoms with E-state index < -0.39 is 35.8 Å². The lowest BCUT2D eigenvalue weighted by molar-refractivity contribution is -0.127. The highest BCUT2D eigenvalue weighted by molar-refractivity contribution is 5.86. The van der Waals surface area contributed by atoms with E-state index in [9.17, 15) is 28.7 Å². The van der Waals surface area contributed by atoms with Crippen LogP contribution in [0.25, 0.3) is 0 Å². The highest BCUT2D eigenvalue weighted by atomic mass is 19.1. The molecule has 0 aliphatic heterocycles. The molecule has 3 aromatic rings. The molecule has 13 heteroatoms. The summed E-state index contributed by atoms with van der Waals surface area (Å²) in [6.07, 6.45) is 4.15. The number of halogens is 1. The van der Waals surface area contributed by atoms with Crippen molar-refractivity contribution in [2.24, 2.45) is 5.92 Å². The minimum Gasteiger partial charge on any atom is -0.444 e. The Hall–Kier alpha value is -4.78. The van der Waals surface area contributed by atoms with Gasteiger partial charge in [-0.2, -0.15) is 0 Å². The van der Waals surface area contributed by atoms with E-state index in [1.165, 1.54) is 12.1 Å². The highest BCUT2D eigenvalue weighted by Crippen LogP contribution is 2.14. The summed E-state index contributed by atoms with van der Waals surface area (Å²) in [7, 11) is 0. The maximum absolute atomic E-state index is 13.7. The number of aliphatic hydroxyl groups is 1. The number of amides is 4. The normalized spacial score (nSPS) is 13.2. The average molecular weight is 723 g/mol. The molecule has 4 amide bonds. The number of alkyl carbamates (subject to hydrolysis) is 1. The molecule has 1 aromatic heterocycles. The maximum Gasteiger partial charge on any atom is 0.408 e. The van der Waals surface area contributed by atoms with Crippen LogP contribution in [0.1, 0.15) is 90.0 Å². The van der Waals surface area contributed by atoms with Crippen molar-refractivity contribution in [2.75, 3.05) is 6.54 Å². The van der Waals surface area contributed by atoms with Crippen LogP contribution in [-0.4, -0.2) is 68.8 Å². The number of benzene rings is 2. The number of imidazole rings is 1. The number of hydrogen-bond donors (Lipinski definition) is 5. The van der Waals surface area contributed by atoms with Gasteiger partial charge in [0.1, 0.15) is 17.5 Å². The van der Waals surface area contributed by atoms with Crippen LogP contribution in [0.2, 0.25) is 0 Å². The van der Waals surface area contributed by atoms with Gasteiger partial charge in [-0.25, -0.2) is 14.2 Å². The molecule has 0 aliphatic rings. The Morgan fingerprint density at radius 3 is 2.29 bits per heavy atom. The molecule has 1 heterocycles. The van der Waals surface area contributed by atoms with Gasteiger partial charge >= 0.3 is 6.09 Å². The van der Waals surface area contributed by atoms with Crippen molar-refractivity contribution in [2.45, 2.75) is 116 Å². The largest absolute Gasteiger partial charge is 0.444 e. The summed E-state index contributed by atoms with van der Waals surface area (Å²) >= 11 is 0. The Balaban J connectivity index is 1.50. The zero-order chi connectivity index (χ0) is 38.1. The van der Waals surface area contributed by atoms with Crippen LogP contribution in [0.3, 0.4) is 0 Å². The lowest BCUT2D eigenvalue weighted by Crippen LogP contribution is -2.54. The third-order valence-corrected chi connectivity index (χ3v) is 8.03. The Labute approximate surface area is 306 Å². The first-order valence-corrected chi connectivity index (χ1v) is 18.0. The van der Waals surface area contributed by atoms with E-state index >= 15 is 0 Å². The standard InChI is InChI=1S/C39H55FN6O6/c1-27(2)20-32(34(47)22-36(49)41-19-11-7-10-14-35(48)42-23-28-15-17-30(40)18-16-28)44-37(50)33(45-38(51)52-39(3,4)5)21-31-25-46(26-43-31)24-29-12-8-6-9-13-29/h6,8-9,12-13,15-18,25-27,32-34,47H,7,10-11,14,19-24H2,1-5H3,(H,41,49)(H,42,48)(H,44,50)(H,45,51)/t32-,33-,34-/m0/s1. The third kappa shape index (κ3) is 16.5. The molecule has 52 heavy (non-hydrogen) atoms. The van der Waals surface area contributed by atoms with Crippen LogP contribution in [0.4, 0.5) is 9.18 Å². The van der Waals surface area contributed by atoms with E-state index in [4.69, 9.17) is 4.74 Å². The van der Waals surface area contributed by atoms with E-state index in [2.05, 4.69) is 26.3 Å². The molecule has 0 saturated carbocycles. The van der Waals surface area contributed by atoms with Crippen molar-refractivity contribution in [3.8, 4) is 0 Å². The molecule has 0 aliphatic carbocycles. The molecule has 0 fully saturated rings.